The van der Waals surface area contributed by atoms with Gasteiger partial charge in [-0.3, -0.25) is 0 Å². The van der Waals surface area contributed by atoms with Gasteiger partial charge in [0.05, 0.1) is 0 Å². The zero-order valence-electron chi connectivity index (χ0n) is 13.8. The van der Waals surface area contributed by atoms with E-state index in [1.165, 1.54) is 21.3 Å². The van der Waals surface area contributed by atoms with Crippen molar-refractivity contribution in [2.45, 2.75) is 18.3 Å². The average Bonchev–Trinajstić information content (AvgIpc) is 2.64. The van der Waals surface area contributed by atoms with Gasteiger partial charge in [-0.15, -0.1) is 0 Å². The van der Waals surface area contributed by atoms with Crippen LogP contribution in [0.15, 0.2) is 96.0 Å². The Bertz CT molecular complexity index is 767. The molecule has 24 heavy (non-hydrogen) atoms. The van der Waals surface area contributed by atoms with Gasteiger partial charge in [-0.25, -0.2) is 0 Å². The third-order valence-corrected chi connectivity index (χ3v) is 6.14. The number of rotatable bonds is 6. The quantitative estimate of drug-likeness (QED) is 0.442. The van der Waals surface area contributed by atoms with Crippen LogP contribution >= 0.6 is 0 Å². The Labute approximate surface area is 150 Å². The molecule has 0 aliphatic heterocycles. The van der Waals surface area contributed by atoms with Crippen LogP contribution in [0.2, 0.25) is 4.82 Å². The molecule has 2 heteroatoms. The summed E-state index contributed by atoms with van der Waals surface area (Å²) in [4.78, 5) is 5.43. The second kappa shape index (κ2) is 8.63. The molecule has 0 aliphatic carbocycles. The van der Waals surface area contributed by atoms with E-state index in [9.17, 15) is 0 Å². The molecule has 3 aromatic rings. The van der Waals surface area contributed by atoms with Gasteiger partial charge in [-0.2, -0.15) is 0 Å². The van der Waals surface area contributed by atoms with E-state index >= 15 is 0 Å². The molecule has 0 heterocycles. The molecule has 1 unspecified atom stereocenters. The molecule has 0 saturated heterocycles. The molecule has 0 aromatic heterocycles. The van der Waals surface area contributed by atoms with Crippen LogP contribution in [-0.4, -0.2) is 20.7 Å². The first-order valence-electron chi connectivity index (χ1n) is 8.18. The van der Waals surface area contributed by atoms with E-state index in [1.807, 2.05) is 6.07 Å². The van der Waals surface area contributed by atoms with E-state index < -0.39 is 0 Å². The van der Waals surface area contributed by atoms with Crippen molar-refractivity contribution in [3.8, 4) is 0 Å². The van der Waals surface area contributed by atoms with Gasteiger partial charge in [0.1, 0.15) is 0 Å². The molecular weight excluding hydrogens is 357 g/mol. The number of nitrogens with zero attached hydrogens (tertiary/aromatic N) is 1. The fraction of sp³-hybridized carbons (Fsp3) is 0.136. The maximum atomic E-state index is 4.99. The van der Waals surface area contributed by atoms with Crippen molar-refractivity contribution in [1.82, 2.24) is 0 Å². The van der Waals surface area contributed by atoms with Crippen LogP contribution in [0.4, 0.5) is 0 Å². The predicted octanol–water partition coefficient (Wildman–Crippen LogP) is 4.51. The summed E-state index contributed by atoms with van der Waals surface area (Å²) in [6, 6.07) is 31.8. The number of hydrogen-bond acceptors (Lipinski definition) is 1. The van der Waals surface area contributed by atoms with Gasteiger partial charge < -0.3 is 0 Å². The van der Waals surface area contributed by atoms with Crippen molar-refractivity contribution >= 4 is 25.1 Å². The summed E-state index contributed by atoms with van der Waals surface area (Å²) >= 11 is 0.368. The molecule has 0 spiro atoms. The molecule has 0 aliphatic rings. The molecule has 0 amide bonds. The topological polar surface area (TPSA) is 12.4 Å². The summed E-state index contributed by atoms with van der Waals surface area (Å²) in [6.07, 6.45) is 0. The van der Waals surface area contributed by atoms with Gasteiger partial charge in [0.15, 0.2) is 0 Å². The summed E-state index contributed by atoms with van der Waals surface area (Å²) in [5, 5.41) is 0. The molecule has 0 radical (unpaired) electrons. The Morgan fingerprint density at radius 2 is 1.33 bits per heavy atom. The molecule has 3 aromatic carbocycles. The Morgan fingerprint density at radius 1 is 0.792 bits per heavy atom. The van der Waals surface area contributed by atoms with E-state index in [2.05, 4.69) is 91.9 Å². The van der Waals surface area contributed by atoms with Crippen molar-refractivity contribution in [2.24, 2.45) is 4.99 Å². The number of benzene rings is 3. The molecule has 0 bridgehead atoms. The van der Waals surface area contributed by atoms with Gasteiger partial charge in [0.2, 0.25) is 0 Å². The molecule has 3 rings (SSSR count). The minimum absolute atomic E-state index is 0.368. The van der Waals surface area contributed by atoms with Crippen LogP contribution in [0.25, 0.3) is 0 Å². The number of aliphatic imine (C=N–C) groups is 1. The zero-order chi connectivity index (χ0) is 16.6. The summed E-state index contributed by atoms with van der Waals surface area (Å²) in [7, 11) is 0. The van der Waals surface area contributed by atoms with E-state index in [1.54, 1.807) is 0 Å². The Hall–Kier alpha value is -2.15. The van der Waals surface area contributed by atoms with Crippen LogP contribution in [0.1, 0.15) is 18.1 Å². The van der Waals surface area contributed by atoms with Crippen molar-refractivity contribution in [1.29, 1.82) is 0 Å². The van der Waals surface area contributed by atoms with Crippen LogP contribution in [0, 0.1) is 0 Å². The first kappa shape index (κ1) is 16.7. The molecule has 0 saturated carbocycles. The standard InChI is InChI=1S/C22H21NSe/c1-18(24-21-15-9-4-10-16-21)22(20-13-7-3-8-14-20)23-17-19-11-5-2-6-12-19/h2-16,18H,17H2,1H3. The van der Waals surface area contributed by atoms with Crippen molar-refractivity contribution in [3.05, 3.63) is 102 Å². The predicted molar refractivity (Wildman–Crippen MR) is 104 cm³/mol. The molecule has 0 N–H and O–H groups in total. The van der Waals surface area contributed by atoms with E-state index in [0.29, 0.717) is 19.8 Å². The van der Waals surface area contributed by atoms with E-state index in [4.69, 9.17) is 4.99 Å². The Kier molecular flexibility index (Phi) is 6.01. The summed E-state index contributed by atoms with van der Waals surface area (Å²) < 4.78 is 1.42. The maximum absolute atomic E-state index is 4.99. The van der Waals surface area contributed by atoms with Gasteiger partial charge in [0.25, 0.3) is 0 Å². The summed E-state index contributed by atoms with van der Waals surface area (Å²) in [6.45, 7) is 3.03. The first-order valence-corrected chi connectivity index (χ1v) is 10.0. The van der Waals surface area contributed by atoms with Crippen molar-refractivity contribution < 1.29 is 0 Å². The van der Waals surface area contributed by atoms with E-state index in [-0.39, 0.29) is 0 Å². The summed E-state index contributed by atoms with van der Waals surface area (Å²) in [5.74, 6) is 0. The summed E-state index contributed by atoms with van der Waals surface area (Å²) in [5.41, 5.74) is 3.70. The second-order valence-electron chi connectivity index (χ2n) is 5.63. The number of hydrogen-bond donors (Lipinski definition) is 0. The molecule has 0 fully saturated rings. The van der Waals surface area contributed by atoms with Crippen molar-refractivity contribution in [3.63, 3.8) is 0 Å². The average molecular weight is 378 g/mol. The second-order valence-corrected chi connectivity index (χ2v) is 8.59. The van der Waals surface area contributed by atoms with Gasteiger partial charge in [-0.05, 0) is 0 Å². The van der Waals surface area contributed by atoms with Gasteiger partial charge in [-0.1, -0.05) is 0 Å². The Morgan fingerprint density at radius 3 is 1.96 bits per heavy atom. The van der Waals surface area contributed by atoms with Crippen molar-refractivity contribution in [2.75, 3.05) is 0 Å². The van der Waals surface area contributed by atoms with Crippen LogP contribution in [-0.2, 0) is 6.54 Å². The van der Waals surface area contributed by atoms with Crippen LogP contribution < -0.4 is 4.46 Å². The molecule has 1 atom stereocenters. The normalized spacial score (nSPS) is 12.8. The minimum atomic E-state index is 0.368. The van der Waals surface area contributed by atoms with Gasteiger partial charge >= 0.3 is 151 Å². The molecular formula is C22H21NSe. The zero-order valence-corrected chi connectivity index (χ0v) is 15.5. The molecule has 1 nitrogen and oxygen atoms in total. The Balaban J connectivity index is 1.84. The monoisotopic (exact) mass is 379 g/mol. The van der Waals surface area contributed by atoms with E-state index in [0.717, 1.165) is 6.54 Å². The fourth-order valence-corrected chi connectivity index (χ4v) is 4.77. The molecule has 120 valence electrons. The third-order valence-electron chi connectivity index (χ3n) is 3.79. The fourth-order valence-electron chi connectivity index (χ4n) is 2.58. The third kappa shape index (κ3) is 4.67. The van der Waals surface area contributed by atoms with Gasteiger partial charge in [0, 0.05) is 0 Å². The first-order chi connectivity index (χ1) is 11.8. The SMILES string of the molecule is CC([Se]c1ccccc1)C(=NCc1ccccc1)c1ccccc1. The van der Waals surface area contributed by atoms with Crippen LogP contribution in [0.3, 0.4) is 0 Å². The van der Waals surface area contributed by atoms with Crippen LogP contribution in [0.5, 0.6) is 0 Å².